The molecule has 7 atom stereocenters. The van der Waals surface area contributed by atoms with Gasteiger partial charge >= 0.3 is 0 Å². The number of fused-ring (bicyclic) bond motifs is 7. The predicted molar refractivity (Wildman–Crippen MR) is 233 cm³/mol. The van der Waals surface area contributed by atoms with E-state index in [-0.39, 0.29) is 30.2 Å². The molecule has 2 N–H and O–H groups in total. The first kappa shape index (κ1) is 34.2. The first-order valence-electron chi connectivity index (χ1n) is 21.0. The smallest absolute Gasteiger partial charge is 0.140 e. The molecule has 4 heterocycles. The molecule has 6 heteroatoms. The molecule has 0 radical (unpaired) electrons. The number of rotatable bonds is 6. The summed E-state index contributed by atoms with van der Waals surface area (Å²) in [5.41, 5.74) is 9.42. The zero-order valence-corrected chi connectivity index (χ0v) is 32.7. The van der Waals surface area contributed by atoms with Crippen molar-refractivity contribution in [2.75, 3.05) is 4.90 Å². The fraction of sp³-hybridized carbons (Fsp3) is 0.320. The number of anilines is 2. The van der Waals surface area contributed by atoms with Gasteiger partial charge in [-0.15, -0.1) is 11.3 Å². The molecule has 4 aromatic rings. The van der Waals surface area contributed by atoms with E-state index in [0.717, 1.165) is 50.2 Å². The summed E-state index contributed by atoms with van der Waals surface area (Å²) >= 11 is 2.00. The van der Waals surface area contributed by atoms with Gasteiger partial charge in [0.1, 0.15) is 24.0 Å². The van der Waals surface area contributed by atoms with E-state index in [0.29, 0.717) is 11.8 Å². The van der Waals surface area contributed by atoms with E-state index in [4.69, 9.17) is 9.98 Å². The first-order chi connectivity index (χ1) is 27.8. The van der Waals surface area contributed by atoms with Gasteiger partial charge < -0.3 is 10.2 Å². The molecule has 0 bridgehead atoms. The van der Waals surface area contributed by atoms with Crippen LogP contribution in [0.4, 0.5) is 11.5 Å². The lowest BCUT2D eigenvalue weighted by molar-refractivity contribution is 0.428. The van der Waals surface area contributed by atoms with Gasteiger partial charge in [0.15, 0.2) is 0 Å². The van der Waals surface area contributed by atoms with Crippen LogP contribution in [-0.2, 0) is 6.42 Å². The van der Waals surface area contributed by atoms with Crippen molar-refractivity contribution in [2.45, 2.75) is 88.0 Å². The van der Waals surface area contributed by atoms with Crippen LogP contribution in [0.25, 0.3) is 10.1 Å². The van der Waals surface area contributed by atoms with Gasteiger partial charge in [0, 0.05) is 56.7 Å². The molecular formula is C50H49N5S. The van der Waals surface area contributed by atoms with Gasteiger partial charge in [-0.3, -0.25) is 5.32 Å². The number of allylic oxidation sites excluding steroid dienone is 11. The largest absolute Gasteiger partial charge is 0.354 e. The van der Waals surface area contributed by atoms with Crippen molar-refractivity contribution >= 4 is 38.8 Å². The Bertz CT molecular complexity index is 2440. The average Bonchev–Trinajstić information content (AvgIpc) is 3.83. The Morgan fingerprint density at radius 2 is 1.70 bits per heavy atom. The van der Waals surface area contributed by atoms with Crippen LogP contribution in [0.2, 0.25) is 0 Å². The van der Waals surface area contributed by atoms with Crippen LogP contribution < -0.4 is 15.5 Å². The zero-order valence-electron chi connectivity index (χ0n) is 31.9. The highest BCUT2D eigenvalue weighted by molar-refractivity contribution is 7.19. The summed E-state index contributed by atoms with van der Waals surface area (Å²) < 4.78 is 1.40. The second kappa shape index (κ2) is 14.5. The topological polar surface area (TPSA) is 52.6 Å². The van der Waals surface area contributed by atoms with Crippen molar-refractivity contribution in [1.29, 1.82) is 0 Å². The molecular weight excluding hydrogens is 703 g/mol. The lowest BCUT2D eigenvalue weighted by Crippen LogP contribution is -2.53. The SMILES string of the molecule is C1=CCC(C2=NC(c3cc(C4C=C(C5C=CCCC5)C=CC4)cnc3N3c4ccccc4C4c5c(sc6ccccc56)CCC43)NC(C3=CCCC=C3)N2)C=C1. The molecule has 0 fully saturated rings. The molecule has 2 aromatic heterocycles. The van der Waals surface area contributed by atoms with E-state index in [9.17, 15) is 0 Å². The molecule has 56 heavy (non-hydrogen) atoms. The number of nitrogens with zero attached hydrogens (tertiary/aromatic N) is 3. The number of nitrogens with one attached hydrogen (secondary N) is 2. The van der Waals surface area contributed by atoms with Crippen LogP contribution in [0.5, 0.6) is 0 Å². The fourth-order valence-electron chi connectivity index (χ4n) is 10.4. The van der Waals surface area contributed by atoms with E-state index in [2.05, 4.69) is 149 Å². The highest BCUT2D eigenvalue weighted by Crippen LogP contribution is 2.56. The Morgan fingerprint density at radius 1 is 0.786 bits per heavy atom. The van der Waals surface area contributed by atoms with Gasteiger partial charge in [-0.1, -0.05) is 109 Å². The standard InChI is InChI=1S/C50H49N5S/c1-4-15-32(16-5-1)35-21-14-22-36(29-35)37-30-40(49-53-47(33-17-6-2-7-18-33)52-48(54-49)34-19-8-3-9-20-34)50(51-31-37)55-41-25-12-10-23-38(41)45-42(55)27-28-44-46(45)39-24-11-13-26-43(39)56-44/h2,4,6-8,10-15,17,19-21,23-26,29-33,36,42,45,48-49,54H,1,3,5,9,16,18,22,27-28H2,(H,52,53). The van der Waals surface area contributed by atoms with Crippen molar-refractivity contribution in [1.82, 2.24) is 15.6 Å². The number of amidine groups is 1. The molecule has 5 aliphatic carbocycles. The Morgan fingerprint density at radius 3 is 2.59 bits per heavy atom. The van der Waals surface area contributed by atoms with Crippen LogP contribution in [0.1, 0.15) is 96.5 Å². The molecule has 7 aliphatic rings. The van der Waals surface area contributed by atoms with Gasteiger partial charge in [-0.2, -0.15) is 0 Å². The van der Waals surface area contributed by atoms with E-state index in [1.165, 1.54) is 68.4 Å². The highest BCUT2D eigenvalue weighted by Gasteiger charge is 2.46. The number of aliphatic imine (C=N–C) groups is 1. The third-order valence-corrected chi connectivity index (χ3v) is 14.4. The summed E-state index contributed by atoms with van der Waals surface area (Å²) in [6.07, 6.45) is 39.8. The third-order valence-electron chi connectivity index (χ3n) is 13.2. The van der Waals surface area contributed by atoms with Crippen molar-refractivity contribution in [3.63, 3.8) is 0 Å². The summed E-state index contributed by atoms with van der Waals surface area (Å²) in [7, 11) is 0. The van der Waals surface area contributed by atoms with Crippen molar-refractivity contribution < 1.29 is 0 Å². The predicted octanol–water partition coefficient (Wildman–Crippen LogP) is 11.5. The fourth-order valence-corrected chi connectivity index (χ4v) is 11.7. The quantitative estimate of drug-likeness (QED) is 0.193. The number of hydrogen-bond acceptors (Lipinski definition) is 6. The van der Waals surface area contributed by atoms with Crippen molar-refractivity contribution in [3.8, 4) is 0 Å². The molecule has 0 spiro atoms. The van der Waals surface area contributed by atoms with Crippen LogP contribution >= 0.6 is 11.3 Å². The maximum atomic E-state index is 5.61. The van der Waals surface area contributed by atoms with E-state index in [1.54, 1.807) is 4.88 Å². The first-order valence-corrected chi connectivity index (χ1v) is 21.8. The molecule has 11 rings (SSSR count). The molecule has 0 saturated carbocycles. The summed E-state index contributed by atoms with van der Waals surface area (Å²) in [4.78, 5) is 15.4. The normalized spacial score (nSPS) is 29.0. The van der Waals surface area contributed by atoms with Gasteiger partial charge in [-0.25, -0.2) is 9.98 Å². The third kappa shape index (κ3) is 6.00. The number of hydrogen-bond donors (Lipinski definition) is 2. The lowest BCUT2D eigenvalue weighted by Gasteiger charge is -2.38. The number of para-hydroxylation sites is 1. The minimum absolute atomic E-state index is 0.0462. The Hall–Kier alpha value is -5.04. The summed E-state index contributed by atoms with van der Waals surface area (Å²) in [6, 6.07) is 21.0. The van der Waals surface area contributed by atoms with Gasteiger partial charge in [-0.05, 0) is 109 Å². The number of pyridine rings is 1. The van der Waals surface area contributed by atoms with Crippen molar-refractivity contribution in [2.24, 2.45) is 16.8 Å². The molecule has 0 saturated heterocycles. The maximum absolute atomic E-state index is 5.61. The second-order valence-corrected chi connectivity index (χ2v) is 17.6. The van der Waals surface area contributed by atoms with E-state index >= 15 is 0 Å². The van der Waals surface area contributed by atoms with Gasteiger partial charge in [0.05, 0.1) is 0 Å². The minimum Gasteiger partial charge on any atom is -0.354 e. The monoisotopic (exact) mass is 751 g/mol. The molecule has 280 valence electrons. The average molecular weight is 752 g/mol. The molecule has 2 aromatic carbocycles. The number of benzene rings is 2. The molecule has 5 nitrogen and oxygen atoms in total. The summed E-state index contributed by atoms with van der Waals surface area (Å²) in [5.74, 6) is 3.37. The van der Waals surface area contributed by atoms with Crippen LogP contribution in [0, 0.1) is 11.8 Å². The maximum Gasteiger partial charge on any atom is 0.140 e. The van der Waals surface area contributed by atoms with Crippen LogP contribution in [0.3, 0.4) is 0 Å². The van der Waals surface area contributed by atoms with Crippen LogP contribution in [-0.4, -0.2) is 23.0 Å². The number of aryl methyl sites for hydroxylation is 1. The zero-order chi connectivity index (χ0) is 37.0. The minimum atomic E-state index is -0.273. The van der Waals surface area contributed by atoms with Crippen molar-refractivity contribution in [3.05, 3.63) is 172 Å². The molecule has 0 amide bonds. The van der Waals surface area contributed by atoms with Gasteiger partial charge in [0.2, 0.25) is 0 Å². The van der Waals surface area contributed by atoms with E-state index in [1.807, 2.05) is 11.3 Å². The number of aromatic nitrogens is 1. The molecule has 2 aliphatic heterocycles. The van der Waals surface area contributed by atoms with Gasteiger partial charge in [0.25, 0.3) is 0 Å². The Labute approximate surface area is 334 Å². The van der Waals surface area contributed by atoms with Crippen LogP contribution in [0.15, 0.2) is 150 Å². The summed E-state index contributed by atoms with van der Waals surface area (Å²) in [6.45, 7) is 0. The van der Waals surface area contributed by atoms with E-state index < -0.39 is 0 Å². The highest BCUT2D eigenvalue weighted by atomic mass is 32.1. The summed E-state index contributed by atoms with van der Waals surface area (Å²) in [5, 5.41) is 9.31. The second-order valence-electron chi connectivity index (χ2n) is 16.5. The Kier molecular flexibility index (Phi) is 8.85. The Balaban J connectivity index is 1.06. The molecule has 7 unspecified atom stereocenters. The number of thiophene rings is 1. The lowest BCUT2D eigenvalue weighted by atomic mass is 9.79.